The van der Waals surface area contributed by atoms with Crippen molar-refractivity contribution in [3.8, 4) is 28.6 Å². The second kappa shape index (κ2) is 6.37. The van der Waals surface area contributed by atoms with Crippen LogP contribution in [-0.2, 0) is 0 Å². The summed E-state index contributed by atoms with van der Waals surface area (Å²) < 4.78 is 0. The number of rotatable bonds is 2. The molecule has 30 heavy (non-hydrogen) atoms. The minimum atomic E-state index is 0.391. The van der Waals surface area contributed by atoms with Gasteiger partial charge in [0.25, 0.3) is 0 Å². The van der Waals surface area contributed by atoms with E-state index in [9.17, 15) is 0 Å². The van der Waals surface area contributed by atoms with Gasteiger partial charge in [0.15, 0.2) is 0 Å². The summed E-state index contributed by atoms with van der Waals surface area (Å²) in [6, 6.07) is 31.3. The summed E-state index contributed by atoms with van der Waals surface area (Å²) in [7, 11) is 0. The van der Waals surface area contributed by atoms with Crippen molar-refractivity contribution in [2.45, 2.75) is 0 Å². The van der Waals surface area contributed by atoms with Crippen molar-refractivity contribution in [2.75, 3.05) is 0 Å². The highest BCUT2D eigenvalue weighted by Gasteiger charge is 2.13. The molecule has 138 valence electrons. The van der Waals surface area contributed by atoms with Gasteiger partial charge < -0.3 is 0 Å². The van der Waals surface area contributed by atoms with Crippen LogP contribution in [0.3, 0.4) is 0 Å². The molecular weight excluding hydrogens is 366 g/mol. The molecule has 2 aromatic heterocycles. The van der Waals surface area contributed by atoms with E-state index in [4.69, 9.17) is 10.2 Å². The number of pyridine rings is 2. The summed E-state index contributed by atoms with van der Waals surface area (Å²) in [4.78, 5) is 9.00. The molecule has 0 aliphatic heterocycles. The van der Waals surface area contributed by atoms with Crippen LogP contribution in [0.4, 0.5) is 0 Å². The average Bonchev–Trinajstić information content (AvgIpc) is 2.82. The Labute approximate surface area is 173 Å². The van der Waals surface area contributed by atoms with Crippen molar-refractivity contribution in [3.63, 3.8) is 0 Å². The highest BCUT2D eigenvalue weighted by atomic mass is 14.7. The molecule has 6 aromatic rings. The molecule has 0 bridgehead atoms. The molecule has 6 rings (SSSR count). The maximum Gasteiger partial charge on any atom is 0.141 e. The van der Waals surface area contributed by atoms with E-state index in [0.29, 0.717) is 5.69 Å². The summed E-state index contributed by atoms with van der Waals surface area (Å²) in [5.41, 5.74) is 4.14. The third kappa shape index (κ3) is 2.45. The van der Waals surface area contributed by atoms with Gasteiger partial charge in [-0.1, -0.05) is 60.7 Å². The van der Waals surface area contributed by atoms with E-state index in [1.807, 2.05) is 24.3 Å². The van der Waals surface area contributed by atoms with Gasteiger partial charge in [0.1, 0.15) is 11.8 Å². The molecule has 0 aliphatic carbocycles. The van der Waals surface area contributed by atoms with Crippen molar-refractivity contribution in [1.29, 1.82) is 5.26 Å². The van der Waals surface area contributed by atoms with E-state index in [1.54, 1.807) is 12.3 Å². The van der Waals surface area contributed by atoms with E-state index in [2.05, 4.69) is 65.7 Å². The van der Waals surface area contributed by atoms with Crippen LogP contribution in [0, 0.1) is 11.3 Å². The Kier molecular flexibility index (Phi) is 3.53. The van der Waals surface area contributed by atoms with Gasteiger partial charge in [-0.25, -0.2) is 9.97 Å². The summed E-state index contributed by atoms with van der Waals surface area (Å²) in [6.45, 7) is 0. The maximum absolute atomic E-state index is 9.16. The van der Waals surface area contributed by atoms with Crippen LogP contribution in [0.15, 0.2) is 91.1 Å². The first-order valence-corrected chi connectivity index (χ1v) is 9.82. The smallest absolute Gasteiger partial charge is 0.141 e. The molecule has 0 N–H and O–H groups in total. The van der Waals surface area contributed by atoms with E-state index in [-0.39, 0.29) is 0 Å². The van der Waals surface area contributed by atoms with Crippen LogP contribution in [0.1, 0.15) is 5.69 Å². The molecular formula is C27H15N3. The molecule has 0 fully saturated rings. The van der Waals surface area contributed by atoms with Crippen LogP contribution in [0.5, 0.6) is 0 Å². The van der Waals surface area contributed by atoms with Crippen LogP contribution < -0.4 is 0 Å². The molecule has 4 aromatic carbocycles. The number of hydrogen-bond acceptors (Lipinski definition) is 3. The molecule has 2 heterocycles. The van der Waals surface area contributed by atoms with Crippen LogP contribution in [-0.4, -0.2) is 9.97 Å². The van der Waals surface area contributed by atoms with Crippen molar-refractivity contribution in [2.24, 2.45) is 0 Å². The molecule has 0 atom stereocenters. The zero-order valence-corrected chi connectivity index (χ0v) is 16.0. The quantitative estimate of drug-likeness (QED) is 0.318. The third-order valence-electron chi connectivity index (χ3n) is 5.72. The summed E-state index contributed by atoms with van der Waals surface area (Å²) >= 11 is 0. The molecule has 3 nitrogen and oxygen atoms in total. The van der Waals surface area contributed by atoms with Gasteiger partial charge in [-0.05, 0) is 56.6 Å². The van der Waals surface area contributed by atoms with E-state index in [0.717, 1.165) is 22.5 Å². The molecule has 0 amide bonds. The predicted molar refractivity (Wildman–Crippen MR) is 121 cm³/mol. The number of hydrogen-bond donors (Lipinski definition) is 0. The van der Waals surface area contributed by atoms with Crippen molar-refractivity contribution < 1.29 is 0 Å². The van der Waals surface area contributed by atoms with Gasteiger partial charge in [-0.3, -0.25) is 0 Å². The zero-order valence-electron chi connectivity index (χ0n) is 16.0. The Bertz CT molecular complexity index is 1590. The lowest BCUT2D eigenvalue weighted by Crippen LogP contribution is -1.92. The van der Waals surface area contributed by atoms with Gasteiger partial charge in [0, 0.05) is 17.3 Å². The second-order valence-corrected chi connectivity index (χ2v) is 7.42. The Balaban J connectivity index is 1.61. The fraction of sp³-hybridized carbons (Fsp3) is 0. The standard InChI is InChI=1S/C27H15N3/c28-16-21-15-20(13-14-29-21)24-5-2-6-25(30-24)22-11-9-19-8-7-17-3-1-4-18-10-12-23(22)27(19)26(17)18/h1-15H. The first-order chi connectivity index (χ1) is 14.8. The number of nitrogens with zero attached hydrogens (tertiary/aromatic N) is 3. The highest BCUT2D eigenvalue weighted by molar-refractivity contribution is 6.25. The predicted octanol–water partition coefficient (Wildman–Crippen LogP) is 6.58. The first kappa shape index (κ1) is 16.6. The average molecular weight is 381 g/mol. The largest absolute Gasteiger partial charge is 0.248 e. The highest BCUT2D eigenvalue weighted by Crippen LogP contribution is 2.39. The fourth-order valence-corrected chi connectivity index (χ4v) is 4.36. The summed E-state index contributed by atoms with van der Waals surface area (Å²) in [6.07, 6.45) is 1.65. The van der Waals surface area contributed by atoms with Crippen molar-refractivity contribution in [3.05, 3.63) is 96.8 Å². The molecule has 0 radical (unpaired) electrons. The van der Waals surface area contributed by atoms with Gasteiger partial charge in [-0.2, -0.15) is 5.26 Å². The van der Waals surface area contributed by atoms with Crippen molar-refractivity contribution >= 4 is 32.3 Å². The van der Waals surface area contributed by atoms with E-state index >= 15 is 0 Å². The van der Waals surface area contributed by atoms with Gasteiger partial charge in [0.05, 0.1) is 11.4 Å². The minimum Gasteiger partial charge on any atom is -0.248 e. The third-order valence-corrected chi connectivity index (χ3v) is 5.72. The van der Waals surface area contributed by atoms with Gasteiger partial charge >= 0.3 is 0 Å². The first-order valence-electron chi connectivity index (χ1n) is 9.82. The lowest BCUT2D eigenvalue weighted by molar-refractivity contribution is 1.25. The molecule has 0 saturated heterocycles. The minimum absolute atomic E-state index is 0.391. The van der Waals surface area contributed by atoms with Gasteiger partial charge in [-0.15, -0.1) is 0 Å². The van der Waals surface area contributed by atoms with Gasteiger partial charge in [0.2, 0.25) is 0 Å². The van der Waals surface area contributed by atoms with Crippen LogP contribution in [0.25, 0.3) is 54.8 Å². The topological polar surface area (TPSA) is 49.6 Å². The molecule has 3 heteroatoms. The van der Waals surface area contributed by atoms with Crippen LogP contribution >= 0.6 is 0 Å². The van der Waals surface area contributed by atoms with E-state index in [1.165, 1.54) is 32.3 Å². The van der Waals surface area contributed by atoms with Crippen molar-refractivity contribution in [1.82, 2.24) is 9.97 Å². The molecule has 0 spiro atoms. The zero-order chi connectivity index (χ0) is 20.1. The normalized spacial score (nSPS) is 11.3. The summed E-state index contributed by atoms with van der Waals surface area (Å²) in [5, 5.41) is 16.7. The second-order valence-electron chi connectivity index (χ2n) is 7.42. The monoisotopic (exact) mass is 381 g/mol. The number of benzene rings is 4. The van der Waals surface area contributed by atoms with Crippen LogP contribution in [0.2, 0.25) is 0 Å². The molecule has 0 unspecified atom stereocenters. The Morgan fingerprint density at radius 1 is 0.667 bits per heavy atom. The number of nitriles is 1. The SMILES string of the molecule is N#Cc1cc(-c2cccc(-c3ccc4ccc5cccc6ccc3c4c56)n2)ccn1. The molecule has 0 aliphatic rings. The Hall–Kier alpha value is -4.29. The fourth-order valence-electron chi connectivity index (χ4n) is 4.36. The lowest BCUT2D eigenvalue weighted by atomic mass is 9.91. The maximum atomic E-state index is 9.16. The Morgan fingerprint density at radius 3 is 2.20 bits per heavy atom. The van der Waals surface area contributed by atoms with E-state index < -0.39 is 0 Å². The lowest BCUT2D eigenvalue weighted by Gasteiger charge is -2.14. The molecule has 0 saturated carbocycles. The number of aromatic nitrogens is 2. The summed E-state index contributed by atoms with van der Waals surface area (Å²) in [5.74, 6) is 0. The Morgan fingerprint density at radius 2 is 1.37 bits per heavy atom.